The summed E-state index contributed by atoms with van der Waals surface area (Å²) in [7, 11) is -0.952. The smallest absolute Gasteiger partial charge is 0.264 e. The molecular formula is C47H54N4O7Si. The molecule has 12 heteroatoms. The molecule has 8 rings (SSSR count). The zero-order chi connectivity index (χ0) is 41.5. The summed E-state index contributed by atoms with van der Waals surface area (Å²) in [5, 5.41) is 11.3. The highest BCUT2D eigenvalue weighted by molar-refractivity contribution is 6.91. The second kappa shape index (κ2) is 16.4. The molecule has 4 heterocycles. The monoisotopic (exact) mass is 814 g/mol. The lowest BCUT2D eigenvalue weighted by molar-refractivity contribution is -0.150. The Morgan fingerprint density at radius 3 is 2.15 bits per heavy atom. The number of aliphatic hydroxyl groups is 1. The van der Waals surface area contributed by atoms with E-state index in [1.807, 2.05) is 89.8 Å². The molecule has 0 saturated carbocycles. The van der Waals surface area contributed by atoms with Gasteiger partial charge in [0.05, 0.1) is 46.5 Å². The Labute approximate surface area is 347 Å². The molecule has 59 heavy (non-hydrogen) atoms. The molecule has 0 aliphatic carbocycles. The minimum absolute atomic E-state index is 0.0228. The van der Waals surface area contributed by atoms with Gasteiger partial charge in [-0.05, 0) is 72.0 Å². The van der Waals surface area contributed by atoms with E-state index < -0.39 is 19.8 Å². The van der Waals surface area contributed by atoms with Gasteiger partial charge in [0.1, 0.15) is 5.75 Å². The van der Waals surface area contributed by atoms with E-state index in [1.165, 1.54) is 0 Å². The minimum Gasteiger partial charge on any atom is -0.497 e. The number of aliphatic hydroxyl groups excluding tert-OH is 1. The van der Waals surface area contributed by atoms with Crippen LogP contribution in [-0.2, 0) is 42.6 Å². The van der Waals surface area contributed by atoms with Crippen molar-refractivity contribution < 1.29 is 33.8 Å². The van der Waals surface area contributed by atoms with Crippen molar-refractivity contribution in [3.05, 3.63) is 114 Å². The van der Waals surface area contributed by atoms with E-state index in [0.717, 1.165) is 46.3 Å². The van der Waals surface area contributed by atoms with Crippen molar-refractivity contribution in [1.29, 1.82) is 0 Å². The Balaban J connectivity index is 1.22. The molecule has 0 aromatic heterocycles. The number of anilines is 3. The van der Waals surface area contributed by atoms with Gasteiger partial charge in [-0.25, -0.2) is 0 Å². The lowest BCUT2D eigenvalue weighted by Crippen LogP contribution is -2.52. The van der Waals surface area contributed by atoms with Crippen molar-refractivity contribution in [2.45, 2.75) is 82.5 Å². The number of ether oxygens (including phenoxy) is 2. The van der Waals surface area contributed by atoms with Crippen LogP contribution in [0.25, 0.3) is 0 Å². The fraction of sp³-hybridized carbons (Fsp3) is 0.404. The van der Waals surface area contributed by atoms with Crippen LogP contribution in [0.5, 0.6) is 5.75 Å². The maximum atomic E-state index is 15.6. The molecular weight excluding hydrogens is 761 g/mol. The first-order valence-corrected chi connectivity index (χ1v) is 23.9. The molecule has 3 saturated heterocycles. The summed E-state index contributed by atoms with van der Waals surface area (Å²) < 4.78 is 12.9. The van der Waals surface area contributed by atoms with Crippen molar-refractivity contribution in [3.63, 3.8) is 0 Å². The number of nitrogens with zero attached hydrogens (tertiary/aromatic N) is 4. The minimum atomic E-state index is -2.60. The van der Waals surface area contributed by atoms with E-state index in [1.54, 1.807) is 21.8 Å². The van der Waals surface area contributed by atoms with E-state index >= 15 is 4.79 Å². The van der Waals surface area contributed by atoms with Crippen LogP contribution in [-0.4, -0.2) is 81.2 Å². The summed E-state index contributed by atoms with van der Waals surface area (Å²) in [4.78, 5) is 63.1. The Kier molecular flexibility index (Phi) is 11.2. The molecule has 0 bridgehead atoms. The van der Waals surface area contributed by atoms with Crippen LogP contribution in [0, 0.1) is 5.92 Å². The standard InChI is InChI=1S/C47H54N4O7Si/c1-32-45(59(3,4)38-20-18-37(57-2)19-21-38)41(29-44(55)48(25-26-52)30-33-11-6-5-7-12-33)58-47(32)39-28-36(50-24-10-16-43(50)54)17-22-40(39)51(46(47)56)31-34-13-8-14-35(27-34)49-23-9-15-42(49)53/h5-8,11-14,17-22,27-28,32,41,45,52H,9-10,15-16,23-26,29-31H2,1-4H3/t32-,41+,45-,47+/m0/s1. The molecule has 1 spiro atoms. The SMILES string of the molecule is COc1ccc([Si](C)(C)[C@@H]2[C@@H](CC(=O)N(CCO)Cc3ccccc3)O[C@]3(C(=O)N(Cc4cccc(N5CCCC5=O)c4)c4ccc(N5CCCC5=O)cc43)[C@H]2C)cc1. The summed E-state index contributed by atoms with van der Waals surface area (Å²) in [6, 6.07) is 31.5. The highest BCUT2D eigenvalue weighted by Gasteiger charge is 2.66. The second-order valence-electron chi connectivity index (χ2n) is 16.9. The van der Waals surface area contributed by atoms with Crippen molar-refractivity contribution in [2.75, 3.05) is 48.1 Å². The first-order valence-electron chi connectivity index (χ1n) is 20.9. The van der Waals surface area contributed by atoms with Crippen molar-refractivity contribution in [1.82, 2.24) is 4.90 Å². The van der Waals surface area contributed by atoms with Crippen LogP contribution < -0.4 is 24.6 Å². The van der Waals surface area contributed by atoms with Crippen LogP contribution in [0.3, 0.4) is 0 Å². The van der Waals surface area contributed by atoms with E-state index in [0.29, 0.717) is 43.7 Å². The molecule has 4 aromatic rings. The number of carbonyl (C=O) groups excluding carboxylic acids is 4. The molecule has 4 aliphatic rings. The molecule has 4 aliphatic heterocycles. The first-order chi connectivity index (χ1) is 28.5. The van der Waals surface area contributed by atoms with Gasteiger partial charge in [-0.1, -0.05) is 79.8 Å². The maximum absolute atomic E-state index is 15.6. The molecule has 4 atom stereocenters. The van der Waals surface area contributed by atoms with Gasteiger partial charge in [0.15, 0.2) is 5.60 Å². The number of amides is 4. The molecule has 0 unspecified atom stereocenters. The van der Waals surface area contributed by atoms with Crippen LogP contribution in [0.2, 0.25) is 18.6 Å². The number of benzene rings is 4. The summed E-state index contributed by atoms with van der Waals surface area (Å²) in [6.07, 6.45) is 1.94. The fourth-order valence-corrected chi connectivity index (χ4v) is 14.2. The molecule has 1 N–H and O–H groups in total. The van der Waals surface area contributed by atoms with Gasteiger partial charge < -0.3 is 34.2 Å². The van der Waals surface area contributed by atoms with Crippen molar-refractivity contribution in [3.8, 4) is 5.75 Å². The van der Waals surface area contributed by atoms with E-state index in [2.05, 4.69) is 32.2 Å². The number of carbonyl (C=O) groups is 4. The van der Waals surface area contributed by atoms with Gasteiger partial charge in [0.25, 0.3) is 5.91 Å². The van der Waals surface area contributed by atoms with Gasteiger partial charge in [0, 0.05) is 61.9 Å². The zero-order valence-electron chi connectivity index (χ0n) is 34.4. The van der Waals surface area contributed by atoms with E-state index in [9.17, 15) is 19.5 Å². The molecule has 3 fully saturated rings. The maximum Gasteiger partial charge on any atom is 0.264 e. The highest BCUT2D eigenvalue weighted by Crippen LogP contribution is 2.60. The predicted molar refractivity (Wildman–Crippen MR) is 230 cm³/mol. The first kappa shape index (κ1) is 40.5. The average molecular weight is 815 g/mol. The summed E-state index contributed by atoms with van der Waals surface area (Å²) in [5.74, 6) is 0.148. The Morgan fingerprint density at radius 2 is 1.53 bits per heavy atom. The van der Waals surface area contributed by atoms with Crippen LogP contribution in [0.4, 0.5) is 17.1 Å². The number of rotatable bonds is 13. The number of hydrogen-bond donors (Lipinski definition) is 1. The van der Waals surface area contributed by atoms with Crippen LogP contribution >= 0.6 is 0 Å². The van der Waals surface area contributed by atoms with Crippen LogP contribution in [0.15, 0.2) is 97.1 Å². The van der Waals surface area contributed by atoms with E-state index in [4.69, 9.17) is 9.47 Å². The molecule has 0 radical (unpaired) electrons. The molecule has 4 aromatic carbocycles. The lowest BCUT2D eigenvalue weighted by Gasteiger charge is -2.37. The topological polar surface area (TPSA) is 120 Å². The highest BCUT2D eigenvalue weighted by atomic mass is 28.3. The van der Waals surface area contributed by atoms with Crippen molar-refractivity contribution >= 4 is 54.0 Å². The summed E-state index contributed by atoms with van der Waals surface area (Å²) in [5.41, 5.74) is 3.12. The number of hydrogen-bond acceptors (Lipinski definition) is 7. The summed E-state index contributed by atoms with van der Waals surface area (Å²) in [6.45, 7) is 8.49. The quantitative estimate of drug-likeness (QED) is 0.162. The third kappa shape index (κ3) is 7.36. The number of fused-ring (bicyclic) bond motifs is 2. The Bertz CT molecular complexity index is 2230. The Morgan fingerprint density at radius 1 is 0.864 bits per heavy atom. The summed E-state index contributed by atoms with van der Waals surface area (Å²) >= 11 is 0. The van der Waals surface area contributed by atoms with Crippen LogP contribution in [0.1, 0.15) is 55.7 Å². The molecule has 308 valence electrons. The fourth-order valence-electron chi connectivity index (χ4n) is 10.2. The van der Waals surface area contributed by atoms with Crippen molar-refractivity contribution in [2.24, 2.45) is 5.92 Å². The zero-order valence-corrected chi connectivity index (χ0v) is 35.4. The van der Waals surface area contributed by atoms with Gasteiger partial charge in [-0.3, -0.25) is 19.2 Å². The predicted octanol–water partition coefficient (Wildman–Crippen LogP) is 6.12. The lowest BCUT2D eigenvalue weighted by atomic mass is 9.82. The van der Waals surface area contributed by atoms with E-state index in [-0.39, 0.29) is 61.2 Å². The van der Waals surface area contributed by atoms with Gasteiger partial charge >= 0.3 is 0 Å². The Hall–Kier alpha value is -5.30. The second-order valence-corrected chi connectivity index (χ2v) is 21.6. The number of methoxy groups -OCH3 is 1. The third-order valence-corrected chi connectivity index (χ3v) is 17.5. The largest absolute Gasteiger partial charge is 0.497 e. The van der Waals surface area contributed by atoms with Gasteiger partial charge in [0.2, 0.25) is 17.7 Å². The molecule has 4 amide bonds. The van der Waals surface area contributed by atoms with Gasteiger partial charge in [-0.2, -0.15) is 0 Å². The average Bonchev–Trinajstić information content (AvgIpc) is 4.00. The molecule has 11 nitrogen and oxygen atoms in total. The third-order valence-electron chi connectivity index (χ3n) is 13.2. The van der Waals surface area contributed by atoms with Gasteiger partial charge in [-0.15, -0.1) is 0 Å². The normalized spacial score (nSPS) is 22.8.